The highest BCUT2D eigenvalue weighted by atomic mass is 35.5. The van der Waals surface area contributed by atoms with Crippen molar-refractivity contribution in [2.45, 2.75) is 18.9 Å². The standard InChI is InChI=1S/C15H18ClN3O4/c1-19(8-9-23-12-5-3-2-4-10(12)16)13(20)7-6-11-14(21)18-15(22)17-11/h2-5,11H,6-9H2,1H3,(H2,17,18,21,22)/t11-/m0/s1. The van der Waals surface area contributed by atoms with E-state index in [9.17, 15) is 14.4 Å². The maximum Gasteiger partial charge on any atom is 0.322 e. The second-order valence-corrected chi connectivity index (χ2v) is 5.56. The minimum atomic E-state index is -0.640. The molecule has 1 aliphatic rings. The van der Waals surface area contributed by atoms with Gasteiger partial charge in [0.05, 0.1) is 11.6 Å². The number of carbonyl (C=O) groups excluding carboxylic acids is 3. The fourth-order valence-electron chi connectivity index (χ4n) is 2.10. The van der Waals surface area contributed by atoms with E-state index < -0.39 is 18.0 Å². The number of amides is 4. The maximum absolute atomic E-state index is 12.0. The lowest BCUT2D eigenvalue weighted by atomic mass is 10.1. The van der Waals surface area contributed by atoms with E-state index in [2.05, 4.69) is 10.6 Å². The van der Waals surface area contributed by atoms with Gasteiger partial charge in [-0.1, -0.05) is 23.7 Å². The van der Waals surface area contributed by atoms with Gasteiger partial charge in [-0.05, 0) is 18.6 Å². The Balaban J connectivity index is 1.70. The molecule has 0 saturated carbocycles. The van der Waals surface area contributed by atoms with E-state index in [0.717, 1.165) is 0 Å². The number of urea groups is 1. The molecule has 4 amide bonds. The van der Waals surface area contributed by atoms with Crippen LogP contribution >= 0.6 is 11.6 Å². The summed E-state index contributed by atoms with van der Waals surface area (Å²) in [6, 6.07) is 5.95. The molecule has 1 aromatic rings. The highest BCUT2D eigenvalue weighted by Gasteiger charge is 2.29. The zero-order valence-corrected chi connectivity index (χ0v) is 13.4. The van der Waals surface area contributed by atoms with Crippen LogP contribution in [-0.4, -0.2) is 49.0 Å². The van der Waals surface area contributed by atoms with Crippen LogP contribution in [0.3, 0.4) is 0 Å². The number of halogens is 1. The molecule has 1 saturated heterocycles. The van der Waals surface area contributed by atoms with E-state index >= 15 is 0 Å². The lowest BCUT2D eigenvalue weighted by Crippen LogP contribution is -2.34. The summed E-state index contributed by atoms with van der Waals surface area (Å²) in [6.45, 7) is 0.708. The summed E-state index contributed by atoms with van der Waals surface area (Å²) < 4.78 is 5.52. The number of hydrogen-bond acceptors (Lipinski definition) is 4. The Hall–Kier alpha value is -2.28. The number of hydrogen-bond donors (Lipinski definition) is 2. The van der Waals surface area contributed by atoms with Crippen LogP contribution in [0.1, 0.15) is 12.8 Å². The first kappa shape index (κ1) is 17.1. The second kappa shape index (κ2) is 7.82. The van der Waals surface area contributed by atoms with Gasteiger partial charge in [0.2, 0.25) is 5.91 Å². The Bertz CT molecular complexity index is 608. The SMILES string of the molecule is CN(CCOc1ccccc1Cl)C(=O)CC[C@@H]1NC(=O)NC1=O. The lowest BCUT2D eigenvalue weighted by Gasteiger charge is -2.18. The third-order valence-corrected chi connectivity index (χ3v) is 3.76. The Morgan fingerprint density at radius 3 is 2.74 bits per heavy atom. The smallest absolute Gasteiger partial charge is 0.322 e. The first-order valence-corrected chi connectivity index (χ1v) is 7.58. The number of carbonyl (C=O) groups is 3. The fraction of sp³-hybridized carbons (Fsp3) is 0.400. The molecule has 1 atom stereocenters. The van der Waals surface area contributed by atoms with E-state index in [1.165, 1.54) is 4.90 Å². The summed E-state index contributed by atoms with van der Waals surface area (Å²) in [6.07, 6.45) is 0.438. The van der Waals surface area contributed by atoms with Crippen molar-refractivity contribution in [3.63, 3.8) is 0 Å². The number of para-hydroxylation sites is 1. The van der Waals surface area contributed by atoms with Gasteiger partial charge < -0.3 is 15.0 Å². The Labute approximate surface area is 138 Å². The molecule has 124 valence electrons. The second-order valence-electron chi connectivity index (χ2n) is 5.15. The number of benzene rings is 1. The Morgan fingerprint density at radius 2 is 2.09 bits per heavy atom. The van der Waals surface area contributed by atoms with Crippen molar-refractivity contribution >= 4 is 29.4 Å². The van der Waals surface area contributed by atoms with Crippen LogP contribution in [-0.2, 0) is 9.59 Å². The van der Waals surface area contributed by atoms with Gasteiger partial charge in [-0.15, -0.1) is 0 Å². The van der Waals surface area contributed by atoms with Gasteiger partial charge in [-0.2, -0.15) is 0 Å². The lowest BCUT2D eigenvalue weighted by molar-refractivity contribution is -0.130. The normalized spacial score (nSPS) is 16.7. The van der Waals surface area contributed by atoms with Crippen molar-refractivity contribution in [1.82, 2.24) is 15.5 Å². The van der Waals surface area contributed by atoms with Crippen LogP contribution in [0.2, 0.25) is 5.02 Å². The van der Waals surface area contributed by atoms with Crippen LogP contribution in [0.25, 0.3) is 0 Å². The predicted octanol–water partition coefficient (Wildman–Crippen LogP) is 1.17. The van der Waals surface area contributed by atoms with Gasteiger partial charge in [0.1, 0.15) is 18.4 Å². The van der Waals surface area contributed by atoms with Crippen molar-refractivity contribution in [3.8, 4) is 5.75 Å². The summed E-state index contributed by atoms with van der Waals surface area (Å²) in [5.74, 6) is 0.0505. The minimum Gasteiger partial charge on any atom is -0.490 e. The zero-order chi connectivity index (χ0) is 16.8. The topological polar surface area (TPSA) is 87.7 Å². The number of nitrogens with one attached hydrogen (secondary N) is 2. The molecule has 0 radical (unpaired) electrons. The summed E-state index contributed by atoms with van der Waals surface area (Å²) in [4.78, 5) is 35.9. The van der Waals surface area contributed by atoms with Crippen molar-refractivity contribution in [1.29, 1.82) is 0 Å². The molecule has 0 aliphatic carbocycles. The monoisotopic (exact) mass is 339 g/mol. The molecule has 0 aromatic heterocycles. The quantitative estimate of drug-likeness (QED) is 0.730. The molecule has 0 spiro atoms. The molecule has 2 N–H and O–H groups in total. The first-order chi connectivity index (χ1) is 11.0. The molecule has 23 heavy (non-hydrogen) atoms. The summed E-state index contributed by atoms with van der Waals surface area (Å²) in [7, 11) is 1.66. The van der Waals surface area contributed by atoms with E-state index in [4.69, 9.17) is 16.3 Å². The van der Waals surface area contributed by atoms with Gasteiger partial charge in [0.15, 0.2) is 0 Å². The average molecular weight is 340 g/mol. The van der Waals surface area contributed by atoms with E-state index in [1.807, 2.05) is 12.1 Å². The Morgan fingerprint density at radius 1 is 1.35 bits per heavy atom. The zero-order valence-electron chi connectivity index (χ0n) is 12.7. The molecule has 1 aliphatic heterocycles. The highest BCUT2D eigenvalue weighted by Crippen LogP contribution is 2.22. The minimum absolute atomic E-state index is 0.123. The molecular weight excluding hydrogens is 322 g/mol. The van der Waals surface area contributed by atoms with E-state index in [0.29, 0.717) is 23.9 Å². The summed E-state index contributed by atoms with van der Waals surface area (Å²) in [5, 5.41) is 5.11. The summed E-state index contributed by atoms with van der Waals surface area (Å²) in [5.41, 5.74) is 0. The molecule has 7 nitrogen and oxygen atoms in total. The number of rotatable bonds is 7. The van der Waals surface area contributed by atoms with Gasteiger partial charge in [0, 0.05) is 13.5 Å². The number of ether oxygens (including phenoxy) is 1. The third kappa shape index (κ3) is 4.85. The van der Waals surface area contributed by atoms with Gasteiger partial charge in [-0.25, -0.2) is 4.79 Å². The predicted molar refractivity (Wildman–Crippen MR) is 84.3 cm³/mol. The summed E-state index contributed by atoms with van der Waals surface area (Å²) >= 11 is 5.97. The van der Waals surface area contributed by atoms with Crippen LogP contribution < -0.4 is 15.4 Å². The first-order valence-electron chi connectivity index (χ1n) is 7.20. The molecular formula is C15H18ClN3O4. The van der Waals surface area contributed by atoms with E-state index in [1.54, 1.807) is 19.2 Å². The molecule has 1 aromatic carbocycles. The number of nitrogens with zero attached hydrogens (tertiary/aromatic N) is 1. The molecule has 8 heteroatoms. The maximum atomic E-state index is 12.0. The third-order valence-electron chi connectivity index (χ3n) is 3.45. The molecule has 1 fully saturated rings. The van der Waals surface area contributed by atoms with Crippen LogP contribution in [0.15, 0.2) is 24.3 Å². The van der Waals surface area contributed by atoms with Gasteiger partial charge in [-0.3, -0.25) is 14.9 Å². The van der Waals surface area contributed by atoms with Crippen molar-refractivity contribution in [2.75, 3.05) is 20.2 Å². The molecule has 0 unspecified atom stereocenters. The van der Waals surface area contributed by atoms with Crippen molar-refractivity contribution in [2.24, 2.45) is 0 Å². The molecule has 2 rings (SSSR count). The van der Waals surface area contributed by atoms with Crippen LogP contribution in [0.4, 0.5) is 4.79 Å². The molecule has 0 bridgehead atoms. The highest BCUT2D eigenvalue weighted by molar-refractivity contribution is 6.32. The fourth-order valence-corrected chi connectivity index (χ4v) is 2.29. The van der Waals surface area contributed by atoms with Crippen LogP contribution in [0, 0.1) is 0 Å². The van der Waals surface area contributed by atoms with Gasteiger partial charge in [0.25, 0.3) is 5.91 Å². The number of likely N-dealkylation sites (N-methyl/N-ethyl adjacent to an activating group) is 1. The Kier molecular flexibility index (Phi) is 5.81. The largest absolute Gasteiger partial charge is 0.490 e. The van der Waals surface area contributed by atoms with Crippen molar-refractivity contribution in [3.05, 3.63) is 29.3 Å². The molecule has 1 heterocycles. The average Bonchev–Trinajstić information content (AvgIpc) is 2.84. The van der Waals surface area contributed by atoms with Gasteiger partial charge >= 0.3 is 6.03 Å². The number of imide groups is 1. The van der Waals surface area contributed by atoms with Crippen LogP contribution in [0.5, 0.6) is 5.75 Å². The van der Waals surface area contributed by atoms with Crippen molar-refractivity contribution < 1.29 is 19.1 Å². The van der Waals surface area contributed by atoms with E-state index in [-0.39, 0.29) is 18.7 Å².